The van der Waals surface area contributed by atoms with Crippen molar-refractivity contribution in [1.82, 2.24) is 25.1 Å². The van der Waals surface area contributed by atoms with Gasteiger partial charge in [-0.1, -0.05) is 0 Å². The van der Waals surface area contributed by atoms with E-state index in [0.29, 0.717) is 52.8 Å². The molecule has 4 N–H and O–H groups in total. The first-order chi connectivity index (χ1) is 17.5. The van der Waals surface area contributed by atoms with Crippen LogP contribution in [0.1, 0.15) is 28.8 Å². The molecular formula is C25H25N7O4. The van der Waals surface area contributed by atoms with Gasteiger partial charge in [0.25, 0.3) is 5.91 Å². The van der Waals surface area contributed by atoms with Crippen molar-refractivity contribution in [1.29, 1.82) is 0 Å². The number of piperidine rings is 1. The van der Waals surface area contributed by atoms with Crippen molar-refractivity contribution in [3.63, 3.8) is 0 Å². The zero-order chi connectivity index (χ0) is 25.1. The van der Waals surface area contributed by atoms with E-state index < -0.39 is 6.09 Å². The number of ether oxygens (including phenoxy) is 1. The zero-order valence-electron chi connectivity index (χ0n) is 19.6. The highest BCUT2D eigenvalue weighted by molar-refractivity contribution is 6.03. The summed E-state index contributed by atoms with van der Waals surface area (Å²) in [4.78, 5) is 33.8. The van der Waals surface area contributed by atoms with Gasteiger partial charge < -0.3 is 25.4 Å². The smallest absolute Gasteiger partial charge is 0.407 e. The number of rotatable bonds is 6. The molecule has 11 heteroatoms. The number of carbonyl (C=O) groups excluding carboxylic acids is 1. The summed E-state index contributed by atoms with van der Waals surface area (Å²) in [5, 5.41) is 23.3. The Morgan fingerprint density at radius 2 is 1.94 bits per heavy atom. The number of aromatic amines is 1. The van der Waals surface area contributed by atoms with Crippen molar-refractivity contribution in [3.05, 3.63) is 66.0 Å². The number of fused-ring (bicyclic) bond motifs is 1. The van der Waals surface area contributed by atoms with Crippen molar-refractivity contribution in [2.45, 2.75) is 25.8 Å². The maximum atomic E-state index is 12.6. The number of anilines is 2. The summed E-state index contributed by atoms with van der Waals surface area (Å²) in [6, 6.07) is 12.1. The quantitative estimate of drug-likeness (QED) is 0.316. The Morgan fingerprint density at radius 1 is 1.14 bits per heavy atom. The number of aryl methyl sites for hydroxylation is 1. The third-order valence-electron chi connectivity index (χ3n) is 5.96. The second-order valence-corrected chi connectivity index (χ2v) is 8.62. The SMILES string of the molecule is Cc1ccnc(NC(=O)c2ccc(Oc3ccnc4[nH]nc(N[C@@H]5CCCN(C(=O)O)C5)c34)cc2)c1. The van der Waals surface area contributed by atoms with E-state index in [9.17, 15) is 14.7 Å². The fraction of sp³-hybridized carbons (Fsp3) is 0.240. The largest absolute Gasteiger partial charge is 0.465 e. The number of H-pyrrole nitrogens is 1. The summed E-state index contributed by atoms with van der Waals surface area (Å²) in [5.41, 5.74) is 2.02. The van der Waals surface area contributed by atoms with Gasteiger partial charge in [0.1, 0.15) is 22.7 Å². The van der Waals surface area contributed by atoms with Gasteiger partial charge in [-0.2, -0.15) is 5.10 Å². The van der Waals surface area contributed by atoms with E-state index >= 15 is 0 Å². The maximum absolute atomic E-state index is 12.6. The number of carboxylic acid groups (broad SMARTS) is 1. The summed E-state index contributed by atoms with van der Waals surface area (Å²) in [6.45, 7) is 2.84. The number of pyridine rings is 2. The van der Waals surface area contributed by atoms with Crippen LogP contribution in [0.3, 0.4) is 0 Å². The first kappa shape index (κ1) is 23.1. The number of amides is 2. The number of hydrogen-bond acceptors (Lipinski definition) is 7. The number of nitrogens with one attached hydrogen (secondary N) is 3. The van der Waals surface area contributed by atoms with Crippen LogP contribution in [0.15, 0.2) is 54.9 Å². The van der Waals surface area contributed by atoms with Gasteiger partial charge >= 0.3 is 6.09 Å². The molecule has 0 radical (unpaired) electrons. The van der Waals surface area contributed by atoms with Gasteiger partial charge in [0.05, 0.1) is 0 Å². The number of carbonyl (C=O) groups is 2. The highest BCUT2D eigenvalue weighted by Crippen LogP contribution is 2.33. The monoisotopic (exact) mass is 487 g/mol. The second-order valence-electron chi connectivity index (χ2n) is 8.62. The molecule has 0 bridgehead atoms. The Bertz CT molecular complexity index is 1400. The standard InChI is InChI=1S/C25H25N7O4/c1-15-8-10-26-20(13-15)29-24(33)16-4-6-18(7-5-16)36-19-9-11-27-22-21(19)23(31-30-22)28-17-3-2-12-32(14-17)25(34)35/h4-11,13,17H,2-3,12,14H2,1H3,(H,34,35)(H,26,29,33)(H2,27,28,30,31)/t17-/m1/s1. The zero-order valence-corrected chi connectivity index (χ0v) is 19.6. The molecule has 36 heavy (non-hydrogen) atoms. The number of hydrogen-bond donors (Lipinski definition) is 4. The van der Waals surface area contributed by atoms with E-state index in [0.717, 1.165) is 18.4 Å². The minimum Gasteiger partial charge on any atom is -0.465 e. The second kappa shape index (κ2) is 9.90. The van der Waals surface area contributed by atoms with Crippen LogP contribution in [-0.4, -0.2) is 61.3 Å². The van der Waals surface area contributed by atoms with E-state index in [2.05, 4.69) is 30.8 Å². The summed E-state index contributed by atoms with van der Waals surface area (Å²) in [6.07, 6.45) is 3.94. The molecule has 2 amide bonds. The van der Waals surface area contributed by atoms with Gasteiger partial charge in [0.15, 0.2) is 11.5 Å². The van der Waals surface area contributed by atoms with Crippen molar-refractivity contribution in [2.24, 2.45) is 0 Å². The number of nitrogens with zero attached hydrogens (tertiary/aromatic N) is 4. The normalized spacial score (nSPS) is 15.5. The van der Waals surface area contributed by atoms with Gasteiger partial charge in [0, 0.05) is 43.2 Å². The molecule has 1 fully saturated rings. The summed E-state index contributed by atoms with van der Waals surface area (Å²) in [5.74, 6) is 1.84. The molecule has 5 rings (SSSR count). The highest BCUT2D eigenvalue weighted by Gasteiger charge is 2.25. The Hall–Kier alpha value is -4.67. The molecule has 0 saturated carbocycles. The molecule has 11 nitrogen and oxygen atoms in total. The van der Waals surface area contributed by atoms with E-state index in [1.54, 1.807) is 48.8 Å². The summed E-state index contributed by atoms with van der Waals surface area (Å²) >= 11 is 0. The average molecular weight is 488 g/mol. The molecule has 0 aliphatic carbocycles. The fourth-order valence-electron chi connectivity index (χ4n) is 4.17. The van der Waals surface area contributed by atoms with E-state index in [-0.39, 0.29) is 11.9 Å². The number of benzene rings is 1. The molecule has 4 heterocycles. The fourth-order valence-corrected chi connectivity index (χ4v) is 4.17. The van der Waals surface area contributed by atoms with Crippen molar-refractivity contribution in [3.8, 4) is 11.5 Å². The molecule has 184 valence electrons. The average Bonchev–Trinajstić information content (AvgIpc) is 3.28. The van der Waals surface area contributed by atoms with Crippen LogP contribution < -0.4 is 15.4 Å². The molecule has 1 aliphatic rings. The maximum Gasteiger partial charge on any atom is 0.407 e. The van der Waals surface area contributed by atoms with Crippen LogP contribution in [0.4, 0.5) is 16.4 Å². The van der Waals surface area contributed by atoms with E-state index in [1.807, 2.05) is 13.0 Å². The first-order valence-corrected chi connectivity index (χ1v) is 11.6. The predicted molar refractivity (Wildman–Crippen MR) is 134 cm³/mol. The molecule has 1 aliphatic heterocycles. The summed E-state index contributed by atoms with van der Waals surface area (Å²) in [7, 11) is 0. The van der Waals surface area contributed by atoms with Crippen LogP contribution in [0.2, 0.25) is 0 Å². The molecule has 3 aromatic heterocycles. The van der Waals surface area contributed by atoms with Crippen LogP contribution >= 0.6 is 0 Å². The van der Waals surface area contributed by atoms with Crippen molar-refractivity contribution < 1.29 is 19.4 Å². The molecule has 4 aromatic rings. The Morgan fingerprint density at radius 3 is 2.72 bits per heavy atom. The Balaban J connectivity index is 1.31. The molecule has 1 aromatic carbocycles. The lowest BCUT2D eigenvalue weighted by molar-refractivity contribution is 0.102. The van der Waals surface area contributed by atoms with Gasteiger partial charge in [-0.25, -0.2) is 14.8 Å². The van der Waals surface area contributed by atoms with E-state index in [4.69, 9.17) is 4.74 Å². The highest BCUT2D eigenvalue weighted by atomic mass is 16.5. The minimum atomic E-state index is -0.925. The van der Waals surface area contributed by atoms with Gasteiger partial charge in [-0.15, -0.1) is 0 Å². The third-order valence-corrected chi connectivity index (χ3v) is 5.96. The van der Waals surface area contributed by atoms with Crippen LogP contribution in [0.25, 0.3) is 11.0 Å². The lowest BCUT2D eigenvalue weighted by Crippen LogP contribution is -2.44. The Kier molecular flexibility index (Phi) is 6.35. The van der Waals surface area contributed by atoms with Gasteiger partial charge in [-0.05, 0) is 61.7 Å². The molecule has 1 saturated heterocycles. The minimum absolute atomic E-state index is 0.0740. The lowest BCUT2D eigenvalue weighted by Gasteiger charge is -2.31. The van der Waals surface area contributed by atoms with Crippen LogP contribution in [-0.2, 0) is 0 Å². The topological polar surface area (TPSA) is 145 Å². The lowest BCUT2D eigenvalue weighted by atomic mass is 10.1. The van der Waals surface area contributed by atoms with Gasteiger partial charge in [-0.3, -0.25) is 9.89 Å². The summed E-state index contributed by atoms with van der Waals surface area (Å²) < 4.78 is 6.12. The van der Waals surface area contributed by atoms with Crippen LogP contribution in [0, 0.1) is 6.92 Å². The third kappa shape index (κ3) is 5.04. The molecular weight excluding hydrogens is 462 g/mol. The molecule has 0 spiro atoms. The number of likely N-dealkylation sites (tertiary alicyclic amines) is 1. The van der Waals surface area contributed by atoms with Crippen molar-refractivity contribution >= 4 is 34.7 Å². The van der Waals surface area contributed by atoms with Crippen molar-refractivity contribution in [2.75, 3.05) is 23.7 Å². The predicted octanol–water partition coefficient (Wildman–Crippen LogP) is 4.26. The molecule has 0 unspecified atom stereocenters. The van der Waals surface area contributed by atoms with Gasteiger partial charge in [0.2, 0.25) is 0 Å². The first-order valence-electron chi connectivity index (χ1n) is 11.6. The number of aromatic nitrogens is 4. The Labute approximate surface area is 206 Å². The molecule has 1 atom stereocenters. The van der Waals surface area contributed by atoms with E-state index in [1.165, 1.54) is 4.90 Å². The van der Waals surface area contributed by atoms with Crippen LogP contribution in [0.5, 0.6) is 11.5 Å².